The van der Waals surface area contributed by atoms with Crippen molar-refractivity contribution in [3.05, 3.63) is 41.0 Å². The van der Waals surface area contributed by atoms with Gasteiger partial charge in [0.15, 0.2) is 11.5 Å². The first-order chi connectivity index (χ1) is 15.3. The molecule has 8 nitrogen and oxygen atoms in total. The monoisotopic (exact) mass is 478 g/mol. The standard InChI is InChI=1S/C22H26N2O6S2/c1-3-28-22(27)16(9-23)6-15-7-18(21(24)26)20(25)19(8-15)30-5-4-29-17-12-31-10-14(2)11-32-13-17/h6-8,17,25H,2-5,10-13H2,1H3,(H2,24,26)/b16-6+. The molecule has 10 heteroatoms. The van der Waals surface area contributed by atoms with E-state index in [-0.39, 0.29) is 48.4 Å². The number of esters is 1. The Hall–Kier alpha value is -2.61. The zero-order valence-corrected chi connectivity index (χ0v) is 19.4. The predicted octanol–water partition coefficient (Wildman–Crippen LogP) is 2.76. The number of nitriles is 1. The third-order valence-corrected chi connectivity index (χ3v) is 6.64. The van der Waals surface area contributed by atoms with Crippen molar-refractivity contribution in [3.63, 3.8) is 0 Å². The largest absolute Gasteiger partial charge is 0.504 e. The average Bonchev–Trinajstić information content (AvgIpc) is 2.74. The summed E-state index contributed by atoms with van der Waals surface area (Å²) in [7, 11) is 0. The second kappa shape index (κ2) is 13.1. The summed E-state index contributed by atoms with van der Waals surface area (Å²) in [6.45, 7) is 6.16. The van der Waals surface area contributed by atoms with E-state index in [1.807, 2.05) is 0 Å². The van der Waals surface area contributed by atoms with Crippen molar-refractivity contribution < 1.29 is 28.9 Å². The Morgan fingerprint density at radius 1 is 1.31 bits per heavy atom. The van der Waals surface area contributed by atoms with Crippen LogP contribution >= 0.6 is 23.5 Å². The summed E-state index contributed by atoms with van der Waals surface area (Å²) in [5, 5.41) is 19.6. The minimum atomic E-state index is -0.876. The Bertz CT molecular complexity index is 914. The van der Waals surface area contributed by atoms with Crippen LogP contribution in [0.2, 0.25) is 0 Å². The van der Waals surface area contributed by atoms with Gasteiger partial charge in [0.2, 0.25) is 0 Å². The molecule has 0 saturated carbocycles. The van der Waals surface area contributed by atoms with Gasteiger partial charge in [-0.25, -0.2) is 4.79 Å². The number of rotatable bonds is 9. The normalized spacial score (nSPS) is 15.4. The van der Waals surface area contributed by atoms with Gasteiger partial charge >= 0.3 is 5.97 Å². The fourth-order valence-electron chi connectivity index (χ4n) is 2.74. The molecule has 0 bridgehead atoms. The fourth-order valence-corrected chi connectivity index (χ4v) is 4.99. The number of carbonyl (C=O) groups is 2. The van der Waals surface area contributed by atoms with Gasteiger partial charge in [0.1, 0.15) is 18.2 Å². The Balaban J connectivity index is 2.08. The number of hydrogen-bond donors (Lipinski definition) is 2. The van der Waals surface area contributed by atoms with Gasteiger partial charge in [-0.2, -0.15) is 28.8 Å². The highest BCUT2D eigenvalue weighted by atomic mass is 32.2. The maximum Gasteiger partial charge on any atom is 0.348 e. The zero-order chi connectivity index (χ0) is 23.5. The SMILES string of the molecule is C=C1CSCC(OCCOc2cc(/C=C(\C#N)C(=O)OCC)cc(C(N)=O)c2O)CSC1. The van der Waals surface area contributed by atoms with Crippen molar-refractivity contribution in [1.82, 2.24) is 0 Å². The van der Waals surface area contributed by atoms with E-state index in [1.165, 1.54) is 23.8 Å². The van der Waals surface area contributed by atoms with Crippen molar-refractivity contribution in [2.24, 2.45) is 5.73 Å². The number of nitrogens with two attached hydrogens (primary N) is 1. The van der Waals surface area contributed by atoms with E-state index in [0.717, 1.165) is 23.0 Å². The summed E-state index contributed by atoms with van der Waals surface area (Å²) in [6, 6.07) is 4.44. The van der Waals surface area contributed by atoms with Crippen molar-refractivity contribution in [2.45, 2.75) is 13.0 Å². The van der Waals surface area contributed by atoms with Crippen LogP contribution in [0.5, 0.6) is 11.5 Å². The van der Waals surface area contributed by atoms with Gasteiger partial charge in [0.25, 0.3) is 5.91 Å². The molecular weight excluding hydrogens is 452 g/mol. The first-order valence-corrected chi connectivity index (χ1v) is 12.2. The van der Waals surface area contributed by atoms with E-state index in [9.17, 15) is 20.0 Å². The summed E-state index contributed by atoms with van der Waals surface area (Å²) >= 11 is 3.56. The molecule has 32 heavy (non-hydrogen) atoms. The molecule has 172 valence electrons. The van der Waals surface area contributed by atoms with E-state index < -0.39 is 17.6 Å². The van der Waals surface area contributed by atoms with Crippen LogP contribution in [0, 0.1) is 11.3 Å². The zero-order valence-electron chi connectivity index (χ0n) is 17.8. The second-order valence-corrected chi connectivity index (χ2v) is 8.85. The van der Waals surface area contributed by atoms with Crippen LogP contribution in [0.4, 0.5) is 0 Å². The lowest BCUT2D eigenvalue weighted by molar-refractivity contribution is -0.137. The number of phenols is 1. The van der Waals surface area contributed by atoms with Crippen LogP contribution < -0.4 is 10.5 Å². The van der Waals surface area contributed by atoms with Crippen LogP contribution in [0.3, 0.4) is 0 Å². The summed E-state index contributed by atoms with van der Waals surface area (Å²) in [5.74, 6) is 1.46. The van der Waals surface area contributed by atoms with Gasteiger partial charge in [-0.15, -0.1) is 0 Å². The van der Waals surface area contributed by atoms with Gasteiger partial charge in [0.05, 0.1) is 24.9 Å². The maximum atomic E-state index is 11.9. The van der Waals surface area contributed by atoms with E-state index in [0.29, 0.717) is 0 Å². The second-order valence-electron chi connectivity index (χ2n) is 6.79. The van der Waals surface area contributed by atoms with Crippen LogP contribution in [-0.4, -0.2) is 65.9 Å². The Labute approximate surface area is 195 Å². The highest BCUT2D eigenvalue weighted by Crippen LogP contribution is 2.32. The molecule has 1 aliphatic rings. The Morgan fingerprint density at radius 2 is 2.00 bits per heavy atom. The molecule has 0 spiro atoms. The van der Waals surface area contributed by atoms with E-state index in [1.54, 1.807) is 36.5 Å². The maximum absolute atomic E-state index is 11.9. The molecular formula is C22H26N2O6S2. The molecule has 0 radical (unpaired) electrons. The average molecular weight is 479 g/mol. The van der Waals surface area contributed by atoms with Crippen LogP contribution in [-0.2, 0) is 14.3 Å². The number of aromatic hydroxyl groups is 1. The number of amides is 1. The molecule has 0 unspecified atom stereocenters. The molecule has 3 N–H and O–H groups in total. The highest BCUT2D eigenvalue weighted by Gasteiger charge is 2.18. The Kier molecular flexibility index (Phi) is 10.5. The summed E-state index contributed by atoms with van der Waals surface area (Å²) in [4.78, 5) is 23.6. The summed E-state index contributed by atoms with van der Waals surface area (Å²) < 4.78 is 16.3. The molecule has 0 aliphatic carbocycles. The van der Waals surface area contributed by atoms with Crippen molar-refractivity contribution in [1.29, 1.82) is 5.26 Å². The van der Waals surface area contributed by atoms with Crippen LogP contribution in [0.15, 0.2) is 29.9 Å². The molecule has 1 aliphatic heterocycles. The fraction of sp³-hybridized carbons (Fsp3) is 0.409. The minimum Gasteiger partial charge on any atom is -0.504 e. The molecule has 0 atom stereocenters. The molecule has 1 fully saturated rings. The van der Waals surface area contributed by atoms with Gasteiger partial charge in [-0.1, -0.05) is 12.2 Å². The summed E-state index contributed by atoms with van der Waals surface area (Å²) in [5.41, 5.74) is 6.40. The predicted molar refractivity (Wildman–Crippen MR) is 126 cm³/mol. The molecule has 1 amide bonds. The van der Waals surface area contributed by atoms with Crippen molar-refractivity contribution in [2.75, 3.05) is 42.8 Å². The number of nitrogens with zero attached hydrogens (tertiary/aromatic N) is 1. The number of benzene rings is 1. The third-order valence-electron chi connectivity index (χ3n) is 4.20. The number of primary amides is 1. The number of thioether (sulfide) groups is 2. The topological polar surface area (TPSA) is 132 Å². The van der Waals surface area contributed by atoms with Crippen molar-refractivity contribution in [3.8, 4) is 17.6 Å². The molecule has 2 rings (SSSR count). The van der Waals surface area contributed by atoms with Gasteiger partial charge in [0, 0.05) is 23.0 Å². The number of hydrogen-bond acceptors (Lipinski definition) is 9. The third kappa shape index (κ3) is 7.82. The van der Waals surface area contributed by atoms with E-state index in [4.69, 9.17) is 19.9 Å². The highest BCUT2D eigenvalue weighted by molar-refractivity contribution is 8.01. The molecule has 1 saturated heterocycles. The molecule has 0 aromatic heterocycles. The molecule has 1 heterocycles. The van der Waals surface area contributed by atoms with Crippen LogP contribution in [0.25, 0.3) is 6.08 Å². The first kappa shape index (κ1) is 25.6. The number of carbonyl (C=O) groups excluding carboxylic acids is 2. The van der Waals surface area contributed by atoms with Crippen molar-refractivity contribution >= 4 is 41.5 Å². The summed E-state index contributed by atoms with van der Waals surface area (Å²) in [6.07, 6.45) is 1.32. The first-order valence-electron chi connectivity index (χ1n) is 9.88. The molecule has 1 aromatic carbocycles. The van der Waals surface area contributed by atoms with E-state index >= 15 is 0 Å². The number of ether oxygens (including phenoxy) is 3. The van der Waals surface area contributed by atoms with Gasteiger partial charge in [-0.3, -0.25) is 4.79 Å². The molecule has 1 aromatic rings. The lowest BCUT2D eigenvalue weighted by Gasteiger charge is -2.21. The van der Waals surface area contributed by atoms with Gasteiger partial charge in [-0.05, 0) is 30.7 Å². The lowest BCUT2D eigenvalue weighted by atomic mass is 10.1. The van der Waals surface area contributed by atoms with Gasteiger partial charge < -0.3 is 25.1 Å². The lowest BCUT2D eigenvalue weighted by Crippen LogP contribution is -2.24. The Morgan fingerprint density at radius 3 is 2.59 bits per heavy atom. The quantitative estimate of drug-likeness (QED) is 0.181. The minimum absolute atomic E-state index is 0.00462. The van der Waals surface area contributed by atoms with E-state index in [2.05, 4.69) is 6.58 Å². The van der Waals surface area contributed by atoms with Crippen LogP contribution in [0.1, 0.15) is 22.8 Å². The smallest absolute Gasteiger partial charge is 0.348 e.